The Hall–Kier alpha value is -6.64. The van der Waals surface area contributed by atoms with Crippen LogP contribution in [0, 0.1) is 0 Å². The number of aromatic nitrogens is 1. The highest BCUT2D eigenvalue weighted by atomic mass is 15.2. The van der Waals surface area contributed by atoms with Crippen LogP contribution in [0.5, 0.6) is 0 Å². The predicted molar refractivity (Wildman–Crippen MR) is 260 cm³/mol. The van der Waals surface area contributed by atoms with Crippen molar-refractivity contribution >= 4 is 38.9 Å². The first-order chi connectivity index (χ1) is 29.8. The van der Waals surface area contributed by atoms with E-state index in [2.05, 4.69) is 223 Å². The molecule has 0 unspecified atom stereocenters. The van der Waals surface area contributed by atoms with Gasteiger partial charge in [0.1, 0.15) is 0 Å². The first-order valence-electron chi connectivity index (χ1n) is 22.4. The third-order valence-electron chi connectivity index (χ3n) is 16.0. The second-order valence-corrected chi connectivity index (χ2v) is 20.6. The Balaban J connectivity index is 1.02. The first kappa shape index (κ1) is 36.1. The third kappa shape index (κ3) is 4.35. The summed E-state index contributed by atoms with van der Waals surface area (Å²) in [5.41, 5.74) is 26.1. The normalized spacial score (nSPS) is 17.2. The molecule has 2 heterocycles. The van der Waals surface area contributed by atoms with E-state index in [9.17, 15) is 0 Å². The lowest BCUT2D eigenvalue weighted by atomic mass is 9.73. The van der Waals surface area contributed by atoms with Crippen LogP contribution in [0.15, 0.2) is 158 Å². The number of hydrogen-bond donors (Lipinski definition) is 0. The summed E-state index contributed by atoms with van der Waals surface area (Å²) in [5.74, 6) is 0. The molecule has 0 saturated carbocycles. The molecule has 300 valence electrons. The summed E-state index contributed by atoms with van der Waals surface area (Å²) in [5, 5.41) is 2.63. The fourth-order valence-electron chi connectivity index (χ4n) is 12.6. The van der Waals surface area contributed by atoms with Crippen molar-refractivity contribution in [2.45, 2.75) is 77.0 Å². The highest BCUT2D eigenvalue weighted by Gasteiger charge is 2.42. The largest absolute Gasteiger partial charge is 0.310 e. The van der Waals surface area contributed by atoms with Crippen molar-refractivity contribution in [2.75, 3.05) is 4.90 Å². The van der Waals surface area contributed by atoms with Crippen molar-refractivity contribution in [1.29, 1.82) is 0 Å². The fourth-order valence-corrected chi connectivity index (χ4v) is 12.6. The summed E-state index contributed by atoms with van der Waals surface area (Å²) in [4.78, 5) is 2.50. The monoisotopic (exact) mass is 798 g/mol. The quantitative estimate of drug-likeness (QED) is 0.169. The molecule has 8 aromatic carbocycles. The van der Waals surface area contributed by atoms with Crippen molar-refractivity contribution in [3.8, 4) is 39.1 Å². The second kappa shape index (κ2) is 11.6. The van der Waals surface area contributed by atoms with Gasteiger partial charge in [0.2, 0.25) is 0 Å². The molecule has 4 aliphatic rings. The standard InChI is InChI=1S/C60H50N2/c1-57(2)45-19-11-9-17-37(45)41-31-43-44-32-42-38-18-10-12-20-46(38)58(3,4)52(42)34-56(44)62(55(43)33-51(41)57)36-26-28-40-39-27-25-35(29-49(39)60(7,8)50(40)30-36)61-53-23-15-13-21-47(53)59(5,6)48-22-14-16-24-54(48)61/h9-34H,1-8H3. The van der Waals surface area contributed by atoms with E-state index < -0.39 is 0 Å². The molecule has 3 aliphatic carbocycles. The molecule has 1 aliphatic heterocycles. The molecule has 1 aromatic heterocycles. The van der Waals surface area contributed by atoms with E-state index in [1.807, 2.05) is 0 Å². The van der Waals surface area contributed by atoms with Crippen molar-refractivity contribution in [3.05, 3.63) is 202 Å². The summed E-state index contributed by atoms with van der Waals surface area (Å²) < 4.78 is 2.59. The molecule has 0 radical (unpaired) electrons. The van der Waals surface area contributed by atoms with E-state index in [4.69, 9.17) is 0 Å². The van der Waals surface area contributed by atoms with Gasteiger partial charge in [0.25, 0.3) is 0 Å². The van der Waals surface area contributed by atoms with Crippen LogP contribution in [0.25, 0.3) is 60.9 Å². The number of nitrogens with zero attached hydrogens (tertiary/aromatic N) is 2. The number of benzene rings is 8. The van der Waals surface area contributed by atoms with Gasteiger partial charge in [-0.25, -0.2) is 0 Å². The van der Waals surface area contributed by atoms with Crippen LogP contribution in [0.4, 0.5) is 17.1 Å². The maximum atomic E-state index is 2.59. The van der Waals surface area contributed by atoms with Gasteiger partial charge >= 0.3 is 0 Å². The van der Waals surface area contributed by atoms with Gasteiger partial charge < -0.3 is 9.47 Å². The molecule has 0 bridgehead atoms. The maximum Gasteiger partial charge on any atom is 0.0544 e. The molecule has 2 heteroatoms. The van der Waals surface area contributed by atoms with E-state index in [0.29, 0.717) is 0 Å². The minimum atomic E-state index is -0.223. The lowest BCUT2D eigenvalue weighted by molar-refractivity contribution is 0.631. The predicted octanol–water partition coefficient (Wildman–Crippen LogP) is 15.8. The molecule has 0 spiro atoms. The summed E-state index contributed by atoms with van der Waals surface area (Å²) in [7, 11) is 0. The van der Waals surface area contributed by atoms with E-state index in [1.165, 1.54) is 122 Å². The van der Waals surface area contributed by atoms with Crippen molar-refractivity contribution in [1.82, 2.24) is 4.57 Å². The number of hydrogen-bond acceptors (Lipinski definition) is 1. The van der Waals surface area contributed by atoms with Gasteiger partial charge in [-0.1, -0.05) is 152 Å². The van der Waals surface area contributed by atoms with Crippen LogP contribution in [0.2, 0.25) is 0 Å². The second-order valence-electron chi connectivity index (χ2n) is 20.6. The van der Waals surface area contributed by atoms with Crippen molar-refractivity contribution in [2.24, 2.45) is 0 Å². The zero-order valence-corrected chi connectivity index (χ0v) is 36.9. The number of rotatable bonds is 2. The molecule has 62 heavy (non-hydrogen) atoms. The molecule has 9 aromatic rings. The molecule has 0 fully saturated rings. The van der Waals surface area contributed by atoms with Gasteiger partial charge in [0.15, 0.2) is 0 Å². The Morgan fingerprint density at radius 3 is 1.15 bits per heavy atom. The van der Waals surface area contributed by atoms with E-state index in [1.54, 1.807) is 0 Å². The smallest absolute Gasteiger partial charge is 0.0544 e. The zero-order valence-electron chi connectivity index (χ0n) is 36.9. The fraction of sp³-hybridized carbons (Fsp3) is 0.200. The molecular formula is C60H50N2. The topological polar surface area (TPSA) is 8.17 Å². The van der Waals surface area contributed by atoms with Crippen LogP contribution in [0.1, 0.15) is 99.9 Å². The molecule has 0 saturated heterocycles. The summed E-state index contributed by atoms with van der Waals surface area (Å²) in [6.07, 6.45) is 0. The maximum absolute atomic E-state index is 2.59. The van der Waals surface area contributed by atoms with Gasteiger partial charge in [-0.3, -0.25) is 0 Å². The van der Waals surface area contributed by atoms with Crippen LogP contribution in [-0.4, -0.2) is 4.57 Å². The minimum Gasteiger partial charge on any atom is -0.310 e. The van der Waals surface area contributed by atoms with Crippen LogP contribution in [-0.2, 0) is 21.7 Å². The summed E-state index contributed by atoms with van der Waals surface area (Å²) in [6, 6.07) is 60.6. The van der Waals surface area contributed by atoms with Gasteiger partial charge in [0.05, 0.1) is 22.4 Å². The van der Waals surface area contributed by atoms with Gasteiger partial charge in [-0.15, -0.1) is 0 Å². The molecule has 0 amide bonds. The number of para-hydroxylation sites is 2. The summed E-state index contributed by atoms with van der Waals surface area (Å²) >= 11 is 0. The van der Waals surface area contributed by atoms with E-state index in [0.717, 1.165) is 0 Å². The van der Waals surface area contributed by atoms with Gasteiger partial charge in [-0.2, -0.15) is 0 Å². The number of fused-ring (bicyclic) bond motifs is 14. The molecular weight excluding hydrogens is 749 g/mol. The highest BCUT2D eigenvalue weighted by molar-refractivity contribution is 6.14. The van der Waals surface area contributed by atoms with Gasteiger partial charge in [-0.05, 0) is 139 Å². The molecule has 0 atom stereocenters. The Morgan fingerprint density at radius 2 is 0.645 bits per heavy atom. The van der Waals surface area contributed by atoms with Crippen LogP contribution >= 0.6 is 0 Å². The Kier molecular flexibility index (Phi) is 6.76. The Labute approximate surface area is 365 Å². The average Bonchev–Trinajstić information content (AvgIpc) is 3.88. The van der Waals surface area contributed by atoms with E-state index in [-0.39, 0.29) is 21.7 Å². The molecule has 0 N–H and O–H groups in total. The van der Waals surface area contributed by atoms with Crippen molar-refractivity contribution < 1.29 is 0 Å². The Morgan fingerprint density at radius 1 is 0.290 bits per heavy atom. The Bertz CT molecular complexity index is 3300. The minimum absolute atomic E-state index is 0.0985. The van der Waals surface area contributed by atoms with Gasteiger partial charge in [0, 0.05) is 43.8 Å². The van der Waals surface area contributed by atoms with Crippen LogP contribution in [0.3, 0.4) is 0 Å². The average molecular weight is 799 g/mol. The SMILES string of the molecule is CC1(C)c2cc(N3c4ccccc4C(C)(C)c4ccccc43)ccc2-c2ccc(-n3c4cc5c(cc4c4cc6c(cc43)C(C)(C)c3ccccc3-6)-c3ccccc3C5(C)C)cc21. The number of anilines is 3. The summed E-state index contributed by atoms with van der Waals surface area (Å²) in [6.45, 7) is 19.2. The lowest BCUT2D eigenvalue weighted by Crippen LogP contribution is -2.30. The van der Waals surface area contributed by atoms with E-state index >= 15 is 0 Å². The lowest BCUT2D eigenvalue weighted by Gasteiger charge is -2.42. The molecule has 2 nitrogen and oxygen atoms in total. The molecule has 13 rings (SSSR count). The highest BCUT2D eigenvalue weighted by Crippen LogP contribution is 2.57. The first-order valence-corrected chi connectivity index (χ1v) is 22.4. The van der Waals surface area contributed by atoms with Crippen LogP contribution < -0.4 is 4.90 Å². The third-order valence-corrected chi connectivity index (χ3v) is 16.0. The zero-order chi connectivity index (χ0) is 42.2. The van der Waals surface area contributed by atoms with Crippen molar-refractivity contribution in [3.63, 3.8) is 0 Å².